The average Bonchev–Trinajstić information content (AvgIpc) is 3.18. The van der Waals surface area contributed by atoms with Gasteiger partial charge < -0.3 is 0 Å². The minimum atomic E-state index is -0.427. The monoisotopic (exact) mass is 388 g/mol. The number of halogens is 1. The van der Waals surface area contributed by atoms with Crippen LogP contribution in [-0.2, 0) is 6.54 Å². The van der Waals surface area contributed by atoms with E-state index < -0.39 is 5.82 Å². The molecule has 0 radical (unpaired) electrons. The Labute approximate surface area is 164 Å². The molecule has 28 heavy (non-hydrogen) atoms. The first-order valence-corrected chi connectivity index (χ1v) is 9.24. The summed E-state index contributed by atoms with van der Waals surface area (Å²) in [5.41, 5.74) is 1.80. The van der Waals surface area contributed by atoms with Crippen LogP contribution in [0.25, 0.3) is 10.2 Å². The number of para-hydroxylation sites is 1. The lowest BCUT2D eigenvalue weighted by molar-refractivity contribution is 0.0985. The topological polar surface area (TPSA) is 69.9 Å². The molecule has 0 saturated carbocycles. The van der Waals surface area contributed by atoms with E-state index in [4.69, 9.17) is 5.26 Å². The van der Waals surface area contributed by atoms with Gasteiger partial charge in [-0.15, -0.1) is 0 Å². The van der Waals surface area contributed by atoms with E-state index in [0.717, 1.165) is 0 Å². The summed E-state index contributed by atoms with van der Waals surface area (Å²) in [6, 6.07) is 18.6. The minimum Gasteiger partial charge on any atom is -0.278 e. The lowest BCUT2D eigenvalue weighted by Crippen LogP contribution is -2.30. The third-order valence-corrected chi connectivity index (χ3v) is 5.19. The molecule has 2 heterocycles. The van der Waals surface area contributed by atoms with Crippen LogP contribution in [-0.4, -0.2) is 15.9 Å². The maximum absolute atomic E-state index is 14.1. The molecular weight excluding hydrogens is 375 g/mol. The number of hydrogen-bond acceptors (Lipinski definition) is 5. The smallest absolute Gasteiger partial charge is 0.260 e. The molecule has 0 N–H and O–H groups in total. The SMILES string of the molecule is N#Cc1ccc(C(=O)N(Cc2ccccn2)c2nc3c(F)cccc3s2)cc1. The first-order chi connectivity index (χ1) is 13.7. The number of pyridine rings is 1. The molecule has 0 aliphatic rings. The highest BCUT2D eigenvalue weighted by molar-refractivity contribution is 7.22. The number of fused-ring (bicyclic) bond motifs is 1. The van der Waals surface area contributed by atoms with Gasteiger partial charge in [0.2, 0.25) is 0 Å². The minimum absolute atomic E-state index is 0.196. The van der Waals surface area contributed by atoms with Gasteiger partial charge in [-0.1, -0.05) is 23.5 Å². The second kappa shape index (κ2) is 7.55. The zero-order chi connectivity index (χ0) is 19.5. The van der Waals surface area contributed by atoms with Crippen molar-refractivity contribution >= 4 is 32.6 Å². The highest BCUT2D eigenvalue weighted by atomic mass is 32.1. The van der Waals surface area contributed by atoms with Crippen molar-refractivity contribution in [1.29, 1.82) is 5.26 Å². The zero-order valence-corrected chi connectivity index (χ0v) is 15.4. The maximum Gasteiger partial charge on any atom is 0.260 e. The van der Waals surface area contributed by atoms with Crippen molar-refractivity contribution in [1.82, 2.24) is 9.97 Å². The molecule has 0 spiro atoms. The average molecular weight is 388 g/mol. The number of benzene rings is 2. The lowest BCUT2D eigenvalue weighted by Gasteiger charge is -2.19. The molecule has 136 valence electrons. The molecule has 5 nitrogen and oxygen atoms in total. The van der Waals surface area contributed by atoms with Crippen LogP contribution in [0.2, 0.25) is 0 Å². The number of nitrogens with zero attached hydrogens (tertiary/aromatic N) is 4. The number of carbonyl (C=O) groups excluding carboxylic acids is 1. The van der Waals surface area contributed by atoms with E-state index in [9.17, 15) is 9.18 Å². The summed E-state index contributed by atoms with van der Waals surface area (Å²) >= 11 is 1.24. The molecule has 7 heteroatoms. The Morgan fingerprint density at radius 1 is 1.11 bits per heavy atom. The quantitative estimate of drug-likeness (QED) is 0.514. The molecule has 0 atom stereocenters. The number of hydrogen-bond donors (Lipinski definition) is 0. The van der Waals surface area contributed by atoms with Gasteiger partial charge in [0.05, 0.1) is 28.6 Å². The first kappa shape index (κ1) is 17.8. The predicted octanol–water partition coefficient (Wildman–Crippen LogP) is 4.55. The third-order valence-electron chi connectivity index (χ3n) is 4.14. The van der Waals surface area contributed by atoms with Crippen molar-refractivity contribution in [3.8, 4) is 6.07 Å². The fraction of sp³-hybridized carbons (Fsp3) is 0.0476. The number of anilines is 1. The van der Waals surface area contributed by atoms with Gasteiger partial charge in [-0.05, 0) is 48.5 Å². The highest BCUT2D eigenvalue weighted by Crippen LogP contribution is 2.31. The molecular formula is C21H13FN4OS. The fourth-order valence-electron chi connectivity index (χ4n) is 2.74. The molecule has 0 unspecified atom stereocenters. The summed E-state index contributed by atoms with van der Waals surface area (Å²) in [4.78, 5) is 23.3. The fourth-order valence-corrected chi connectivity index (χ4v) is 3.72. The standard InChI is InChI=1S/C21H13FN4OS/c22-17-5-3-6-18-19(17)25-21(28-18)26(13-16-4-1-2-11-24-16)20(27)15-9-7-14(12-23)8-10-15/h1-11H,13H2. The van der Waals surface area contributed by atoms with E-state index >= 15 is 0 Å². The van der Waals surface area contributed by atoms with Crippen molar-refractivity contribution in [2.75, 3.05) is 4.90 Å². The summed E-state index contributed by atoms with van der Waals surface area (Å²) in [5, 5.41) is 9.35. The van der Waals surface area contributed by atoms with E-state index in [0.29, 0.717) is 26.7 Å². The summed E-state index contributed by atoms with van der Waals surface area (Å²) < 4.78 is 14.8. The van der Waals surface area contributed by atoms with E-state index in [1.807, 2.05) is 18.2 Å². The van der Waals surface area contributed by atoms with Gasteiger partial charge >= 0.3 is 0 Å². The number of aromatic nitrogens is 2. The van der Waals surface area contributed by atoms with Gasteiger partial charge in [0.25, 0.3) is 5.91 Å². The Morgan fingerprint density at radius 3 is 2.61 bits per heavy atom. The van der Waals surface area contributed by atoms with Gasteiger partial charge in [-0.25, -0.2) is 9.37 Å². The van der Waals surface area contributed by atoms with Crippen LogP contribution in [0.1, 0.15) is 21.6 Å². The number of nitriles is 1. The Morgan fingerprint density at radius 2 is 1.93 bits per heavy atom. The predicted molar refractivity (Wildman–Crippen MR) is 105 cm³/mol. The molecule has 0 fully saturated rings. The second-order valence-electron chi connectivity index (χ2n) is 5.98. The molecule has 0 saturated heterocycles. The van der Waals surface area contributed by atoms with Crippen LogP contribution in [0.5, 0.6) is 0 Å². The Balaban J connectivity index is 1.77. The van der Waals surface area contributed by atoms with Crippen LogP contribution in [0.3, 0.4) is 0 Å². The third kappa shape index (κ3) is 3.46. The van der Waals surface area contributed by atoms with Crippen molar-refractivity contribution in [2.45, 2.75) is 6.54 Å². The normalized spacial score (nSPS) is 10.6. The maximum atomic E-state index is 14.1. The molecule has 4 rings (SSSR count). The van der Waals surface area contributed by atoms with Gasteiger partial charge in [-0.2, -0.15) is 5.26 Å². The van der Waals surface area contributed by atoms with Crippen LogP contribution in [0, 0.1) is 17.1 Å². The Bertz CT molecular complexity index is 1180. The molecule has 0 bridgehead atoms. The Hall–Kier alpha value is -3.63. The van der Waals surface area contributed by atoms with Crippen molar-refractivity contribution < 1.29 is 9.18 Å². The van der Waals surface area contributed by atoms with Crippen LogP contribution in [0.4, 0.5) is 9.52 Å². The number of carbonyl (C=O) groups is 1. The van der Waals surface area contributed by atoms with Crippen LogP contribution >= 0.6 is 11.3 Å². The molecule has 0 aliphatic heterocycles. The van der Waals surface area contributed by atoms with Gasteiger partial charge in [0.1, 0.15) is 11.3 Å². The van der Waals surface area contributed by atoms with E-state index in [1.54, 1.807) is 48.7 Å². The summed E-state index contributed by atoms with van der Waals surface area (Å²) in [6.07, 6.45) is 1.65. The van der Waals surface area contributed by atoms with Gasteiger partial charge in [0, 0.05) is 11.8 Å². The van der Waals surface area contributed by atoms with Crippen molar-refractivity contribution in [3.63, 3.8) is 0 Å². The van der Waals surface area contributed by atoms with E-state index in [1.165, 1.54) is 22.3 Å². The molecule has 0 aliphatic carbocycles. The molecule has 2 aromatic heterocycles. The molecule has 4 aromatic rings. The largest absolute Gasteiger partial charge is 0.278 e. The van der Waals surface area contributed by atoms with Crippen molar-refractivity contribution in [3.05, 3.63) is 89.5 Å². The number of rotatable bonds is 4. The van der Waals surface area contributed by atoms with Crippen LogP contribution < -0.4 is 4.90 Å². The van der Waals surface area contributed by atoms with E-state index in [-0.39, 0.29) is 18.0 Å². The first-order valence-electron chi connectivity index (χ1n) is 8.43. The summed E-state index contributed by atoms with van der Waals surface area (Å²) in [5.74, 6) is -0.724. The Kier molecular flexibility index (Phi) is 4.79. The van der Waals surface area contributed by atoms with Crippen molar-refractivity contribution in [2.24, 2.45) is 0 Å². The lowest BCUT2D eigenvalue weighted by atomic mass is 10.1. The molecule has 1 amide bonds. The number of thiazole rings is 1. The molecule has 2 aromatic carbocycles. The van der Waals surface area contributed by atoms with Gasteiger partial charge in [-0.3, -0.25) is 14.7 Å². The second-order valence-corrected chi connectivity index (χ2v) is 6.99. The number of amides is 1. The highest BCUT2D eigenvalue weighted by Gasteiger charge is 2.23. The van der Waals surface area contributed by atoms with Gasteiger partial charge in [0.15, 0.2) is 5.13 Å². The zero-order valence-electron chi connectivity index (χ0n) is 14.5. The van der Waals surface area contributed by atoms with E-state index in [2.05, 4.69) is 9.97 Å². The van der Waals surface area contributed by atoms with Crippen LogP contribution in [0.15, 0.2) is 66.9 Å². The summed E-state index contributed by atoms with van der Waals surface area (Å²) in [6.45, 7) is 0.196. The summed E-state index contributed by atoms with van der Waals surface area (Å²) in [7, 11) is 0.